The van der Waals surface area contributed by atoms with E-state index in [0.717, 1.165) is 55.9 Å². The van der Waals surface area contributed by atoms with E-state index in [2.05, 4.69) is 25.3 Å². The van der Waals surface area contributed by atoms with Crippen molar-refractivity contribution in [2.24, 2.45) is 5.92 Å². The van der Waals surface area contributed by atoms with E-state index in [1.807, 2.05) is 18.2 Å². The van der Waals surface area contributed by atoms with E-state index in [1.54, 1.807) is 0 Å². The number of ether oxygens (including phenoxy) is 1. The molecule has 0 aliphatic carbocycles. The first kappa shape index (κ1) is 17.9. The number of hydrogen-bond donors (Lipinski definition) is 0. The van der Waals surface area contributed by atoms with E-state index in [4.69, 9.17) is 20.4 Å². The van der Waals surface area contributed by atoms with Gasteiger partial charge >= 0.3 is 0 Å². The standard InChI is InChI=1S/C18H25ClN2O2S/c1-4-18(2,3)17-20-15-11-14(24(19)22)5-6-16(15)21(17)12-13-7-9-23-10-8-13/h5-6,11,13H,4,7-10,12H2,1-3H3. The van der Waals surface area contributed by atoms with Gasteiger partial charge in [-0.25, -0.2) is 9.19 Å². The Morgan fingerprint density at radius 2 is 2.08 bits per heavy atom. The molecule has 1 aliphatic rings. The van der Waals surface area contributed by atoms with Crippen molar-refractivity contribution in [2.75, 3.05) is 13.2 Å². The molecule has 0 N–H and O–H groups in total. The van der Waals surface area contributed by atoms with Gasteiger partial charge in [-0.1, -0.05) is 20.8 Å². The predicted octanol–water partition coefficient (Wildman–Crippen LogP) is 4.41. The topological polar surface area (TPSA) is 44.1 Å². The Hall–Kier alpha value is -0.910. The van der Waals surface area contributed by atoms with E-state index < -0.39 is 10.0 Å². The van der Waals surface area contributed by atoms with Crippen LogP contribution in [-0.4, -0.2) is 27.0 Å². The highest BCUT2D eigenvalue weighted by atomic mass is 35.7. The minimum atomic E-state index is -1.51. The molecule has 0 radical (unpaired) electrons. The highest BCUT2D eigenvalue weighted by Gasteiger charge is 2.28. The van der Waals surface area contributed by atoms with E-state index in [0.29, 0.717) is 10.8 Å². The second-order valence-corrected chi connectivity index (χ2v) is 8.97. The third-order valence-corrected chi connectivity index (χ3v) is 6.33. The van der Waals surface area contributed by atoms with Crippen molar-refractivity contribution < 1.29 is 8.95 Å². The van der Waals surface area contributed by atoms with Crippen LogP contribution < -0.4 is 0 Å². The van der Waals surface area contributed by atoms with Crippen LogP contribution in [0.4, 0.5) is 0 Å². The first-order valence-corrected chi connectivity index (χ1v) is 10.6. The number of imidazole rings is 1. The summed E-state index contributed by atoms with van der Waals surface area (Å²) in [6, 6.07) is 5.71. The molecule has 132 valence electrons. The van der Waals surface area contributed by atoms with Crippen molar-refractivity contribution >= 4 is 31.7 Å². The quantitative estimate of drug-likeness (QED) is 0.734. The van der Waals surface area contributed by atoms with Crippen LogP contribution in [0.3, 0.4) is 0 Å². The van der Waals surface area contributed by atoms with Crippen LogP contribution in [0.15, 0.2) is 23.1 Å². The molecule has 4 nitrogen and oxygen atoms in total. The molecule has 1 fully saturated rings. The number of fused-ring (bicyclic) bond motifs is 1. The van der Waals surface area contributed by atoms with E-state index in [-0.39, 0.29) is 5.41 Å². The third-order valence-electron chi connectivity index (χ3n) is 5.18. The van der Waals surface area contributed by atoms with Crippen LogP contribution in [0, 0.1) is 5.92 Å². The van der Waals surface area contributed by atoms with Crippen LogP contribution in [-0.2, 0) is 26.7 Å². The van der Waals surface area contributed by atoms with Gasteiger partial charge in [0.2, 0.25) is 0 Å². The molecule has 0 amide bonds. The predicted molar refractivity (Wildman–Crippen MR) is 98.9 cm³/mol. The minimum Gasteiger partial charge on any atom is -0.381 e. The number of nitrogens with zero attached hydrogens (tertiary/aromatic N) is 2. The Morgan fingerprint density at radius 1 is 1.38 bits per heavy atom. The minimum absolute atomic E-state index is 0.00946. The van der Waals surface area contributed by atoms with Gasteiger partial charge in [-0.2, -0.15) is 0 Å². The number of hydrogen-bond acceptors (Lipinski definition) is 3. The van der Waals surface area contributed by atoms with Gasteiger partial charge < -0.3 is 9.30 Å². The average Bonchev–Trinajstić information content (AvgIpc) is 2.94. The van der Waals surface area contributed by atoms with Crippen molar-refractivity contribution in [2.45, 2.75) is 56.9 Å². The van der Waals surface area contributed by atoms with Gasteiger partial charge in [-0.3, -0.25) is 0 Å². The van der Waals surface area contributed by atoms with Crippen LogP contribution in [0.5, 0.6) is 0 Å². The van der Waals surface area contributed by atoms with Gasteiger partial charge in [0.15, 0.2) is 0 Å². The Kier molecular flexibility index (Phi) is 5.33. The molecule has 2 aromatic rings. The van der Waals surface area contributed by atoms with Gasteiger partial charge in [0.25, 0.3) is 0 Å². The molecular weight excluding hydrogens is 344 g/mol. The van der Waals surface area contributed by atoms with E-state index in [9.17, 15) is 4.21 Å². The lowest BCUT2D eigenvalue weighted by atomic mass is 9.89. The summed E-state index contributed by atoms with van der Waals surface area (Å²) in [5, 5.41) is 0. The van der Waals surface area contributed by atoms with Crippen LogP contribution in [0.2, 0.25) is 0 Å². The smallest absolute Gasteiger partial charge is 0.147 e. The summed E-state index contributed by atoms with van der Waals surface area (Å²) < 4.78 is 19.4. The van der Waals surface area contributed by atoms with E-state index >= 15 is 0 Å². The summed E-state index contributed by atoms with van der Waals surface area (Å²) in [6.45, 7) is 9.31. The normalized spacial score (nSPS) is 18.2. The number of rotatable bonds is 5. The fourth-order valence-electron chi connectivity index (χ4n) is 3.26. The van der Waals surface area contributed by atoms with Crippen molar-refractivity contribution in [3.05, 3.63) is 24.0 Å². The molecule has 3 rings (SSSR count). The Bertz CT molecular complexity index is 751. The monoisotopic (exact) mass is 368 g/mol. The molecule has 0 bridgehead atoms. The Morgan fingerprint density at radius 3 is 2.71 bits per heavy atom. The lowest BCUT2D eigenvalue weighted by Crippen LogP contribution is -2.26. The van der Waals surface area contributed by atoms with Crippen molar-refractivity contribution in [3.8, 4) is 0 Å². The molecule has 1 aromatic carbocycles. The zero-order valence-electron chi connectivity index (χ0n) is 14.5. The SMILES string of the molecule is CCC(C)(C)c1nc2cc(S(=O)Cl)ccc2n1CC1CCOCC1. The summed E-state index contributed by atoms with van der Waals surface area (Å²) in [7, 11) is 4.24. The first-order chi connectivity index (χ1) is 11.4. The molecule has 2 heterocycles. The molecule has 1 aliphatic heterocycles. The summed E-state index contributed by atoms with van der Waals surface area (Å²) >= 11 is 0. The Balaban J connectivity index is 2.08. The molecule has 0 spiro atoms. The summed E-state index contributed by atoms with van der Waals surface area (Å²) in [5.74, 6) is 1.72. The molecule has 1 unspecified atom stereocenters. The molecule has 1 saturated heterocycles. The van der Waals surface area contributed by atoms with Gasteiger partial charge in [-0.05, 0) is 54.1 Å². The van der Waals surface area contributed by atoms with E-state index in [1.165, 1.54) is 0 Å². The highest BCUT2D eigenvalue weighted by Crippen LogP contribution is 2.32. The summed E-state index contributed by atoms with van der Waals surface area (Å²) in [6.07, 6.45) is 3.20. The largest absolute Gasteiger partial charge is 0.381 e. The maximum atomic E-state index is 11.6. The van der Waals surface area contributed by atoms with Crippen molar-refractivity contribution in [1.82, 2.24) is 9.55 Å². The maximum absolute atomic E-state index is 11.6. The number of aromatic nitrogens is 2. The lowest BCUT2D eigenvalue weighted by Gasteiger charge is -2.27. The molecular formula is C18H25ClN2O2S. The van der Waals surface area contributed by atoms with Gasteiger partial charge in [0, 0.05) is 25.2 Å². The van der Waals surface area contributed by atoms with Gasteiger partial charge in [-0.15, -0.1) is 0 Å². The first-order valence-electron chi connectivity index (χ1n) is 8.59. The fraction of sp³-hybridized carbons (Fsp3) is 0.611. The summed E-state index contributed by atoms with van der Waals surface area (Å²) in [5.41, 5.74) is 1.97. The fourth-order valence-corrected chi connectivity index (χ4v) is 3.92. The molecule has 0 saturated carbocycles. The van der Waals surface area contributed by atoms with Crippen LogP contribution in [0.1, 0.15) is 45.9 Å². The second-order valence-electron chi connectivity index (χ2n) is 7.21. The van der Waals surface area contributed by atoms with Crippen LogP contribution in [0.25, 0.3) is 11.0 Å². The zero-order chi connectivity index (χ0) is 17.3. The van der Waals surface area contributed by atoms with Gasteiger partial charge in [0.05, 0.1) is 15.9 Å². The molecule has 6 heteroatoms. The van der Waals surface area contributed by atoms with Crippen LogP contribution >= 0.6 is 10.7 Å². The number of halogens is 1. The lowest BCUT2D eigenvalue weighted by molar-refractivity contribution is 0.0611. The summed E-state index contributed by atoms with van der Waals surface area (Å²) in [4.78, 5) is 5.51. The second kappa shape index (κ2) is 7.14. The highest BCUT2D eigenvalue weighted by molar-refractivity contribution is 8.08. The molecule has 1 aromatic heterocycles. The third kappa shape index (κ3) is 3.53. The maximum Gasteiger partial charge on any atom is 0.147 e. The molecule has 24 heavy (non-hydrogen) atoms. The number of benzene rings is 1. The molecule has 1 atom stereocenters. The Labute approximate surface area is 150 Å². The van der Waals surface area contributed by atoms with Crippen molar-refractivity contribution in [1.29, 1.82) is 0 Å². The average molecular weight is 369 g/mol. The zero-order valence-corrected chi connectivity index (χ0v) is 16.1. The van der Waals surface area contributed by atoms with Gasteiger partial charge in [0.1, 0.15) is 15.8 Å². The van der Waals surface area contributed by atoms with Crippen molar-refractivity contribution in [3.63, 3.8) is 0 Å².